The smallest absolute Gasteiger partial charge is 0.410 e. The Bertz CT molecular complexity index is 549. The van der Waals surface area contributed by atoms with Crippen molar-refractivity contribution in [2.45, 2.75) is 76.4 Å². The van der Waals surface area contributed by atoms with Gasteiger partial charge < -0.3 is 15.0 Å². The van der Waals surface area contributed by atoms with E-state index in [4.69, 9.17) is 4.74 Å². The predicted molar refractivity (Wildman–Crippen MR) is 102 cm³/mol. The van der Waals surface area contributed by atoms with Crippen molar-refractivity contribution >= 4 is 29.7 Å². The van der Waals surface area contributed by atoms with Gasteiger partial charge in [0.25, 0.3) is 0 Å². The molecule has 0 aliphatic carbocycles. The maximum atomic E-state index is 12.8. The van der Waals surface area contributed by atoms with E-state index < -0.39 is 23.8 Å². The molecule has 0 aromatic carbocycles. The average Bonchev–Trinajstić information content (AvgIpc) is 2.72. The lowest BCUT2D eigenvalue weighted by atomic mass is 10.1. The molecule has 2 heterocycles. The number of ether oxygens (including phenoxy) is 1. The minimum Gasteiger partial charge on any atom is -0.444 e. The fourth-order valence-electron chi connectivity index (χ4n) is 3.07. The largest absolute Gasteiger partial charge is 0.444 e. The first kappa shape index (κ1) is 20.9. The van der Waals surface area contributed by atoms with Crippen molar-refractivity contribution in [3.8, 4) is 0 Å². The highest BCUT2D eigenvalue weighted by molar-refractivity contribution is 7.99. The van der Waals surface area contributed by atoms with E-state index in [0.29, 0.717) is 6.42 Å². The molecule has 3 amide bonds. The van der Waals surface area contributed by atoms with Crippen LogP contribution in [-0.2, 0) is 14.3 Å². The summed E-state index contributed by atoms with van der Waals surface area (Å²) in [6.45, 7) is 7.73. The average molecular weight is 386 g/mol. The van der Waals surface area contributed by atoms with Crippen molar-refractivity contribution in [3.63, 3.8) is 0 Å². The molecule has 0 radical (unpaired) electrons. The van der Waals surface area contributed by atoms with Crippen LogP contribution < -0.4 is 5.32 Å². The number of thioether (sulfide) groups is 1. The molecule has 0 aromatic heterocycles. The summed E-state index contributed by atoms with van der Waals surface area (Å²) in [5, 5.41) is 3.08. The Morgan fingerprint density at radius 3 is 2.65 bits per heavy atom. The lowest BCUT2D eigenvalue weighted by Gasteiger charge is -2.35. The fourth-order valence-corrected chi connectivity index (χ4v) is 4.43. The van der Waals surface area contributed by atoms with Crippen molar-refractivity contribution in [1.29, 1.82) is 0 Å². The number of piperidine rings is 1. The number of fused-ring (bicyclic) bond motifs is 1. The van der Waals surface area contributed by atoms with Crippen molar-refractivity contribution in [2.75, 3.05) is 19.3 Å². The second kappa shape index (κ2) is 8.50. The van der Waals surface area contributed by atoms with Gasteiger partial charge in [-0.05, 0) is 59.1 Å². The quantitative estimate of drug-likeness (QED) is 0.806. The van der Waals surface area contributed by atoms with Gasteiger partial charge in [0.1, 0.15) is 17.7 Å². The third-order valence-electron chi connectivity index (χ3n) is 4.70. The molecule has 2 saturated heterocycles. The lowest BCUT2D eigenvalue weighted by Crippen LogP contribution is -2.55. The highest BCUT2D eigenvalue weighted by Crippen LogP contribution is 2.30. The first-order valence-electron chi connectivity index (χ1n) is 9.28. The molecule has 0 unspecified atom stereocenters. The summed E-state index contributed by atoms with van der Waals surface area (Å²) in [4.78, 5) is 40.7. The Hall–Kier alpha value is -1.44. The van der Waals surface area contributed by atoms with Crippen LogP contribution in [0.4, 0.5) is 4.79 Å². The van der Waals surface area contributed by atoms with Crippen LogP contribution in [-0.4, -0.2) is 70.1 Å². The molecule has 2 aliphatic heterocycles. The van der Waals surface area contributed by atoms with E-state index in [-0.39, 0.29) is 17.2 Å². The van der Waals surface area contributed by atoms with E-state index in [0.717, 1.165) is 31.6 Å². The summed E-state index contributed by atoms with van der Waals surface area (Å²) < 4.78 is 5.30. The molecule has 7 nitrogen and oxygen atoms in total. The zero-order valence-corrected chi connectivity index (χ0v) is 17.2. The van der Waals surface area contributed by atoms with Crippen molar-refractivity contribution in [1.82, 2.24) is 15.1 Å². The lowest BCUT2D eigenvalue weighted by molar-refractivity contribution is -0.138. The maximum absolute atomic E-state index is 12.8. The second-order valence-electron chi connectivity index (χ2n) is 7.97. The van der Waals surface area contributed by atoms with Crippen LogP contribution in [0.15, 0.2) is 0 Å². The van der Waals surface area contributed by atoms with Gasteiger partial charge in [-0.2, -0.15) is 0 Å². The number of carbonyl (C=O) groups excluding carboxylic acids is 3. The van der Waals surface area contributed by atoms with Crippen LogP contribution in [0.2, 0.25) is 0 Å². The summed E-state index contributed by atoms with van der Waals surface area (Å²) in [7, 11) is 1.53. The molecule has 1 N–H and O–H groups in total. The SMILES string of the molecule is C[C@@H](C(=O)N[C@H]1CCS[C@H]2CCCCN2C1=O)N(C)C(=O)OC(C)(C)C. The summed E-state index contributed by atoms with van der Waals surface area (Å²) >= 11 is 1.80. The molecule has 8 heteroatoms. The Balaban J connectivity index is 1.96. The van der Waals surface area contributed by atoms with E-state index in [1.54, 1.807) is 39.5 Å². The van der Waals surface area contributed by atoms with Crippen LogP contribution in [0.25, 0.3) is 0 Å². The molecular formula is C18H31N3O4S. The zero-order chi connectivity index (χ0) is 19.5. The van der Waals surface area contributed by atoms with Crippen LogP contribution in [0.1, 0.15) is 53.4 Å². The molecule has 0 spiro atoms. The third-order valence-corrected chi connectivity index (χ3v) is 6.05. The van der Waals surface area contributed by atoms with Crippen LogP contribution >= 0.6 is 11.8 Å². The van der Waals surface area contributed by atoms with E-state index in [2.05, 4.69) is 5.32 Å². The first-order chi connectivity index (χ1) is 12.1. The maximum Gasteiger partial charge on any atom is 0.410 e. The van der Waals surface area contributed by atoms with Gasteiger partial charge >= 0.3 is 6.09 Å². The van der Waals surface area contributed by atoms with Gasteiger partial charge in [0.05, 0.1) is 5.37 Å². The predicted octanol–water partition coefficient (Wildman–Crippen LogP) is 2.20. The monoisotopic (exact) mass is 385 g/mol. The number of likely N-dealkylation sites (N-methyl/N-ethyl adjacent to an activating group) is 1. The number of hydrogen-bond donors (Lipinski definition) is 1. The second-order valence-corrected chi connectivity index (χ2v) is 9.26. The molecule has 2 aliphatic rings. The Labute approximate surface area is 160 Å². The van der Waals surface area contributed by atoms with Crippen molar-refractivity contribution < 1.29 is 19.1 Å². The van der Waals surface area contributed by atoms with E-state index in [1.165, 1.54) is 11.9 Å². The van der Waals surface area contributed by atoms with E-state index >= 15 is 0 Å². The number of hydrogen-bond acceptors (Lipinski definition) is 5. The molecule has 148 valence electrons. The normalized spacial score (nSPS) is 25.0. The third kappa shape index (κ3) is 5.28. The Morgan fingerprint density at radius 2 is 2.00 bits per heavy atom. The Morgan fingerprint density at radius 1 is 1.31 bits per heavy atom. The van der Waals surface area contributed by atoms with Crippen molar-refractivity contribution in [3.05, 3.63) is 0 Å². The van der Waals surface area contributed by atoms with Crippen LogP contribution in [0.3, 0.4) is 0 Å². The topological polar surface area (TPSA) is 79.0 Å². The number of nitrogens with one attached hydrogen (secondary N) is 1. The van der Waals surface area contributed by atoms with Crippen LogP contribution in [0, 0.1) is 0 Å². The number of amides is 3. The van der Waals surface area contributed by atoms with Gasteiger partial charge in [0.2, 0.25) is 11.8 Å². The van der Waals surface area contributed by atoms with Gasteiger partial charge in [-0.25, -0.2) is 4.79 Å². The van der Waals surface area contributed by atoms with Gasteiger partial charge in [0.15, 0.2) is 0 Å². The number of carbonyl (C=O) groups is 3. The molecule has 0 aromatic rings. The summed E-state index contributed by atoms with van der Waals surface area (Å²) in [5.74, 6) is 0.506. The molecule has 0 saturated carbocycles. The minimum absolute atomic E-state index is 0.000158. The molecule has 3 atom stereocenters. The van der Waals surface area contributed by atoms with Crippen molar-refractivity contribution in [2.24, 2.45) is 0 Å². The number of nitrogens with zero attached hydrogens (tertiary/aromatic N) is 2. The molecular weight excluding hydrogens is 354 g/mol. The zero-order valence-electron chi connectivity index (χ0n) is 16.4. The molecule has 2 fully saturated rings. The number of rotatable bonds is 3. The van der Waals surface area contributed by atoms with Gasteiger partial charge in [0, 0.05) is 13.6 Å². The van der Waals surface area contributed by atoms with Crippen LogP contribution in [0.5, 0.6) is 0 Å². The van der Waals surface area contributed by atoms with Gasteiger partial charge in [-0.3, -0.25) is 14.5 Å². The minimum atomic E-state index is -0.717. The highest BCUT2D eigenvalue weighted by atomic mass is 32.2. The summed E-state index contributed by atoms with van der Waals surface area (Å²) in [6, 6.07) is -1.24. The van der Waals surface area contributed by atoms with E-state index in [1.807, 2.05) is 4.90 Å². The molecule has 2 rings (SSSR count). The molecule has 26 heavy (non-hydrogen) atoms. The first-order valence-corrected chi connectivity index (χ1v) is 10.3. The highest BCUT2D eigenvalue weighted by Gasteiger charge is 2.36. The standard InChI is InChI=1S/C18H31N3O4S/c1-12(20(5)17(24)25-18(2,3)4)15(22)19-13-9-11-26-14-8-6-7-10-21(14)16(13)23/h12-14H,6-11H2,1-5H3,(H,19,22)/t12-,13-,14-/m0/s1. The molecule has 0 bridgehead atoms. The van der Waals surface area contributed by atoms with E-state index in [9.17, 15) is 14.4 Å². The van der Waals surface area contributed by atoms with Gasteiger partial charge in [-0.15, -0.1) is 11.8 Å². The van der Waals surface area contributed by atoms with Gasteiger partial charge in [-0.1, -0.05) is 0 Å². The summed E-state index contributed by atoms with van der Waals surface area (Å²) in [5.41, 5.74) is -0.626. The summed E-state index contributed by atoms with van der Waals surface area (Å²) in [6.07, 6.45) is 3.25. The Kier molecular flexibility index (Phi) is 6.82. The fraction of sp³-hybridized carbons (Fsp3) is 0.833.